The number of carbonyl (C=O) groups excluding carboxylic acids is 1. The molecule has 1 N–H and O–H groups in total. The first-order valence-corrected chi connectivity index (χ1v) is 8.80. The maximum Gasteiger partial charge on any atom is 0.261 e. The second-order valence-electron chi connectivity index (χ2n) is 6.37. The highest BCUT2D eigenvalue weighted by atomic mass is 19.1. The molecule has 0 aliphatic heterocycles. The standard InChI is InChI=1S/C23H17FN2O2/c1-15-13-17(24)11-12-20(15)26-23-19(14-16-7-5-6-10-21(16)28-23)22(27)25-18-8-3-2-4-9-18/h2-14H,1H3,(H,25,27). The van der Waals surface area contributed by atoms with Crippen LogP contribution in [0.4, 0.5) is 15.8 Å². The van der Waals surface area contributed by atoms with Gasteiger partial charge in [0.15, 0.2) is 0 Å². The van der Waals surface area contributed by atoms with Crippen LogP contribution >= 0.6 is 0 Å². The molecule has 0 saturated carbocycles. The first-order valence-electron chi connectivity index (χ1n) is 8.80. The van der Waals surface area contributed by atoms with Crippen LogP contribution in [0.15, 0.2) is 88.3 Å². The molecule has 28 heavy (non-hydrogen) atoms. The van der Waals surface area contributed by atoms with Crippen LogP contribution in [0.1, 0.15) is 15.9 Å². The molecule has 0 saturated heterocycles. The number of hydrogen-bond donors (Lipinski definition) is 1. The lowest BCUT2D eigenvalue weighted by Crippen LogP contribution is -2.21. The molecule has 0 aliphatic rings. The third kappa shape index (κ3) is 3.69. The van der Waals surface area contributed by atoms with Gasteiger partial charge in [-0.3, -0.25) is 4.79 Å². The normalized spacial score (nSPS) is 11.6. The van der Waals surface area contributed by atoms with E-state index in [9.17, 15) is 9.18 Å². The summed E-state index contributed by atoms with van der Waals surface area (Å²) in [6, 6.07) is 22.6. The number of para-hydroxylation sites is 2. The molecule has 1 amide bonds. The number of hydrogen-bond acceptors (Lipinski definition) is 3. The lowest BCUT2D eigenvalue weighted by molar-refractivity contribution is 0.102. The van der Waals surface area contributed by atoms with Crippen LogP contribution in [-0.2, 0) is 0 Å². The van der Waals surface area contributed by atoms with Gasteiger partial charge in [-0.2, -0.15) is 0 Å². The minimum absolute atomic E-state index is 0.168. The smallest absolute Gasteiger partial charge is 0.261 e. The Bertz CT molecular complexity index is 1230. The summed E-state index contributed by atoms with van der Waals surface area (Å²) >= 11 is 0. The van der Waals surface area contributed by atoms with Gasteiger partial charge in [0, 0.05) is 11.1 Å². The highest BCUT2D eigenvalue weighted by molar-refractivity contribution is 6.05. The van der Waals surface area contributed by atoms with Crippen LogP contribution in [0.5, 0.6) is 0 Å². The molecule has 0 bridgehead atoms. The molecule has 0 fully saturated rings. The maximum absolute atomic E-state index is 13.4. The van der Waals surface area contributed by atoms with Crippen molar-refractivity contribution >= 4 is 28.3 Å². The zero-order valence-corrected chi connectivity index (χ0v) is 15.1. The summed E-state index contributed by atoms with van der Waals surface area (Å²) in [5, 5.41) is 3.64. The molecule has 138 valence electrons. The Morgan fingerprint density at radius 1 is 0.964 bits per heavy atom. The molecule has 1 heterocycles. The van der Waals surface area contributed by atoms with Crippen molar-refractivity contribution in [2.75, 3.05) is 5.32 Å². The van der Waals surface area contributed by atoms with Gasteiger partial charge in [0.25, 0.3) is 5.91 Å². The third-order valence-electron chi connectivity index (χ3n) is 4.31. The van der Waals surface area contributed by atoms with E-state index in [1.165, 1.54) is 12.1 Å². The number of nitrogens with zero attached hydrogens (tertiary/aromatic N) is 1. The Morgan fingerprint density at radius 3 is 2.50 bits per heavy atom. The average molecular weight is 372 g/mol. The lowest BCUT2D eigenvalue weighted by atomic mass is 10.1. The highest BCUT2D eigenvalue weighted by Gasteiger charge is 2.13. The second-order valence-corrected chi connectivity index (χ2v) is 6.37. The number of amides is 1. The predicted octanol–water partition coefficient (Wildman–Crippen LogP) is 5.37. The van der Waals surface area contributed by atoms with Gasteiger partial charge in [-0.15, -0.1) is 0 Å². The quantitative estimate of drug-likeness (QED) is 0.526. The number of nitrogens with one attached hydrogen (secondary N) is 1. The Labute approximate surface area is 161 Å². The number of halogens is 1. The zero-order chi connectivity index (χ0) is 19.5. The van der Waals surface area contributed by atoms with E-state index in [2.05, 4.69) is 10.3 Å². The van der Waals surface area contributed by atoms with Gasteiger partial charge in [0.2, 0.25) is 5.55 Å². The number of aryl methyl sites for hydroxylation is 1. The van der Waals surface area contributed by atoms with Crippen molar-refractivity contribution in [3.05, 3.63) is 101 Å². The van der Waals surface area contributed by atoms with Gasteiger partial charge in [-0.05, 0) is 55.0 Å². The molecule has 0 spiro atoms. The van der Waals surface area contributed by atoms with Gasteiger partial charge in [0.05, 0.1) is 5.69 Å². The molecule has 0 atom stereocenters. The first-order chi connectivity index (χ1) is 13.6. The van der Waals surface area contributed by atoms with Crippen molar-refractivity contribution in [1.29, 1.82) is 0 Å². The van der Waals surface area contributed by atoms with E-state index in [4.69, 9.17) is 4.42 Å². The average Bonchev–Trinajstić information content (AvgIpc) is 2.70. The van der Waals surface area contributed by atoms with Crippen molar-refractivity contribution in [3.63, 3.8) is 0 Å². The summed E-state index contributed by atoms with van der Waals surface area (Å²) < 4.78 is 19.3. The summed E-state index contributed by atoms with van der Waals surface area (Å²) in [5.74, 6) is -0.673. The minimum Gasteiger partial charge on any atom is -0.438 e. The van der Waals surface area contributed by atoms with Crippen molar-refractivity contribution in [1.82, 2.24) is 0 Å². The van der Waals surface area contributed by atoms with Crippen molar-refractivity contribution in [2.45, 2.75) is 6.92 Å². The molecule has 4 nitrogen and oxygen atoms in total. The van der Waals surface area contributed by atoms with Gasteiger partial charge in [-0.25, -0.2) is 9.38 Å². The number of carbonyl (C=O) groups is 1. The molecular weight excluding hydrogens is 355 g/mol. The SMILES string of the molecule is Cc1cc(F)ccc1N=c1oc2ccccc2cc1C(=O)Nc1ccccc1. The van der Waals surface area contributed by atoms with E-state index in [1.54, 1.807) is 31.2 Å². The summed E-state index contributed by atoms with van der Waals surface area (Å²) in [5.41, 5.74) is 2.93. The molecule has 3 aromatic carbocycles. The minimum atomic E-state index is -0.339. The monoisotopic (exact) mass is 372 g/mol. The fourth-order valence-electron chi connectivity index (χ4n) is 2.89. The van der Waals surface area contributed by atoms with E-state index in [0.717, 1.165) is 5.39 Å². The van der Waals surface area contributed by atoms with Crippen LogP contribution < -0.4 is 10.9 Å². The van der Waals surface area contributed by atoms with E-state index < -0.39 is 0 Å². The summed E-state index contributed by atoms with van der Waals surface area (Å²) in [6.07, 6.45) is 0. The lowest BCUT2D eigenvalue weighted by Gasteiger charge is -2.07. The maximum atomic E-state index is 13.4. The molecule has 0 unspecified atom stereocenters. The molecule has 4 rings (SSSR count). The Morgan fingerprint density at radius 2 is 1.71 bits per heavy atom. The number of anilines is 1. The zero-order valence-electron chi connectivity index (χ0n) is 15.1. The largest absolute Gasteiger partial charge is 0.438 e. The predicted molar refractivity (Wildman–Crippen MR) is 107 cm³/mol. The van der Waals surface area contributed by atoms with Crippen molar-refractivity contribution in [3.8, 4) is 0 Å². The first kappa shape index (κ1) is 17.7. The van der Waals surface area contributed by atoms with Crippen LogP contribution in [0.2, 0.25) is 0 Å². The molecule has 1 aromatic heterocycles. The Balaban J connectivity index is 1.87. The Hall–Kier alpha value is -3.73. The summed E-state index contributed by atoms with van der Waals surface area (Å²) in [4.78, 5) is 17.4. The topological polar surface area (TPSA) is 54.6 Å². The van der Waals surface area contributed by atoms with Crippen LogP contribution in [-0.4, -0.2) is 5.91 Å². The van der Waals surface area contributed by atoms with E-state index >= 15 is 0 Å². The van der Waals surface area contributed by atoms with Gasteiger partial charge < -0.3 is 9.73 Å². The molecule has 0 aliphatic carbocycles. The van der Waals surface area contributed by atoms with Crippen LogP contribution in [0.3, 0.4) is 0 Å². The van der Waals surface area contributed by atoms with Gasteiger partial charge >= 0.3 is 0 Å². The summed E-state index contributed by atoms with van der Waals surface area (Å²) in [6.45, 7) is 1.76. The van der Waals surface area contributed by atoms with Crippen molar-refractivity contribution in [2.24, 2.45) is 4.99 Å². The molecule has 5 heteroatoms. The fourth-order valence-corrected chi connectivity index (χ4v) is 2.89. The number of rotatable bonds is 3. The number of benzene rings is 3. The van der Waals surface area contributed by atoms with Gasteiger partial charge in [0.1, 0.15) is 17.0 Å². The molecule has 4 aromatic rings. The third-order valence-corrected chi connectivity index (χ3v) is 4.31. The van der Waals surface area contributed by atoms with Crippen LogP contribution in [0.25, 0.3) is 11.0 Å². The van der Waals surface area contributed by atoms with Gasteiger partial charge in [-0.1, -0.05) is 36.4 Å². The van der Waals surface area contributed by atoms with Crippen LogP contribution in [0, 0.1) is 12.7 Å². The summed E-state index contributed by atoms with van der Waals surface area (Å²) in [7, 11) is 0. The number of fused-ring (bicyclic) bond motifs is 1. The molecule has 0 radical (unpaired) electrons. The van der Waals surface area contributed by atoms with E-state index in [1.807, 2.05) is 42.5 Å². The van der Waals surface area contributed by atoms with Crippen molar-refractivity contribution < 1.29 is 13.6 Å². The Kier molecular flexibility index (Phi) is 4.72. The van der Waals surface area contributed by atoms with E-state index in [0.29, 0.717) is 28.1 Å². The molecular formula is C23H17FN2O2. The second kappa shape index (κ2) is 7.48. The highest BCUT2D eigenvalue weighted by Crippen LogP contribution is 2.20. The fraction of sp³-hybridized carbons (Fsp3) is 0.0435. The van der Waals surface area contributed by atoms with E-state index in [-0.39, 0.29) is 17.3 Å².